The number of rotatable bonds is 3. The van der Waals surface area contributed by atoms with E-state index < -0.39 is 29.0 Å². The third-order valence-electron chi connectivity index (χ3n) is 3.55. The maximum absolute atomic E-state index is 12.2. The summed E-state index contributed by atoms with van der Waals surface area (Å²) in [6.07, 6.45) is -0.949. The Balaban J connectivity index is 2.59. The summed E-state index contributed by atoms with van der Waals surface area (Å²) >= 11 is 0. The first-order valence-corrected chi connectivity index (χ1v) is 7.09. The molecule has 0 fully saturated rings. The van der Waals surface area contributed by atoms with E-state index in [9.17, 15) is 25.0 Å². The van der Waals surface area contributed by atoms with Crippen molar-refractivity contribution in [1.82, 2.24) is 4.90 Å². The van der Waals surface area contributed by atoms with E-state index in [0.29, 0.717) is 0 Å². The van der Waals surface area contributed by atoms with Crippen molar-refractivity contribution in [2.45, 2.75) is 19.9 Å². The van der Waals surface area contributed by atoms with Gasteiger partial charge in [-0.2, -0.15) is 5.26 Å². The van der Waals surface area contributed by atoms with Gasteiger partial charge >= 0.3 is 12.1 Å². The second-order valence-electron chi connectivity index (χ2n) is 5.01. The molecule has 1 heterocycles. The zero-order chi connectivity index (χ0) is 17.9. The number of nitrogens with zero attached hydrogens (tertiary/aromatic N) is 4. The van der Waals surface area contributed by atoms with Crippen molar-refractivity contribution >= 4 is 23.5 Å². The van der Waals surface area contributed by atoms with Gasteiger partial charge in [0.25, 0.3) is 5.69 Å². The van der Waals surface area contributed by atoms with Gasteiger partial charge in [-0.05, 0) is 19.4 Å². The van der Waals surface area contributed by atoms with Crippen LogP contribution in [0.25, 0.3) is 0 Å². The Kier molecular flexibility index (Phi) is 4.89. The van der Waals surface area contributed by atoms with E-state index in [2.05, 4.69) is 4.99 Å². The predicted molar refractivity (Wildman–Crippen MR) is 82.3 cm³/mol. The lowest BCUT2D eigenvalue weighted by Gasteiger charge is -2.34. The monoisotopic (exact) mass is 330 g/mol. The average Bonchev–Trinajstić information content (AvgIpc) is 2.54. The second kappa shape index (κ2) is 6.87. The zero-order valence-corrected chi connectivity index (χ0v) is 13.0. The molecular weight excluding hydrogens is 316 g/mol. The summed E-state index contributed by atoms with van der Waals surface area (Å²) in [5.41, 5.74) is 0.312. The first-order chi connectivity index (χ1) is 11.4. The Morgan fingerprint density at radius 2 is 2.25 bits per heavy atom. The number of amides is 3. The summed E-state index contributed by atoms with van der Waals surface area (Å²) in [6.45, 7) is 3.10. The number of imide groups is 1. The maximum atomic E-state index is 12.2. The fourth-order valence-electron chi connectivity index (χ4n) is 2.48. The van der Waals surface area contributed by atoms with Crippen LogP contribution in [0.1, 0.15) is 25.5 Å². The number of aliphatic imine (C=N–C) groups is 1. The van der Waals surface area contributed by atoms with Gasteiger partial charge in [-0.25, -0.2) is 19.5 Å². The first-order valence-electron chi connectivity index (χ1n) is 7.09. The molecule has 9 heteroatoms. The SMILES string of the molecule is CCOC(=O)N1C(=O)N=C(C)C(C#N)C1c1cccc([N+](=O)[O-])c1. The van der Waals surface area contributed by atoms with Crippen molar-refractivity contribution in [2.75, 3.05) is 6.61 Å². The number of urea groups is 1. The maximum Gasteiger partial charge on any atom is 0.418 e. The van der Waals surface area contributed by atoms with E-state index >= 15 is 0 Å². The molecule has 0 radical (unpaired) electrons. The molecule has 2 rings (SSSR count). The van der Waals surface area contributed by atoms with Gasteiger partial charge in [0.05, 0.1) is 23.6 Å². The molecule has 0 aromatic heterocycles. The molecule has 1 aliphatic heterocycles. The van der Waals surface area contributed by atoms with Crippen LogP contribution in [0.15, 0.2) is 29.3 Å². The zero-order valence-electron chi connectivity index (χ0n) is 13.0. The van der Waals surface area contributed by atoms with Gasteiger partial charge in [-0.15, -0.1) is 0 Å². The number of ether oxygens (including phenoxy) is 1. The minimum Gasteiger partial charge on any atom is -0.449 e. The van der Waals surface area contributed by atoms with E-state index in [0.717, 1.165) is 4.90 Å². The highest BCUT2D eigenvalue weighted by molar-refractivity contribution is 6.04. The van der Waals surface area contributed by atoms with E-state index in [4.69, 9.17) is 4.74 Å². The van der Waals surface area contributed by atoms with Crippen molar-refractivity contribution in [1.29, 1.82) is 5.26 Å². The van der Waals surface area contributed by atoms with E-state index in [1.165, 1.54) is 31.2 Å². The van der Waals surface area contributed by atoms with Crippen LogP contribution < -0.4 is 0 Å². The molecule has 9 nitrogen and oxygen atoms in total. The van der Waals surface area contributed by atoms with Gasteiger partial charge < -0.3 is 4.74 Å². The number of nitriles is 1. The summed E-state index contributed by atoms with van der Waals surface area (Å²) in [5, 5.41) is 20.4. The Morgan fingerprint density at radius 3 is 2.83 bits per heavy atom. The third-order valence-corrected chi connectivity index (χ3v) is 3.55. The number of non-ortho nitro benzene ring substituents is 1. The van der Waals surface area contributed by atoms with Crippen molar-refractivity contribution in [3.63, 3.8) is 0 Å². The Morgan fingerprint density at radius 1 is 1.54 bits per heavy atom. The van der Waals surface area contributed by atoms with Crippen LogP contribution in [0, 0.1) is 27.4 Å². The van der Waals surface area contributed by atoms with Crippen molar-refractivity contribution in [2.24, 2.45) is 10.9 Å². The Bertz CT molecular complexity index is 767. The van der Waals surface area contributed by atoms with Gasteiger partial charge in [0.1, 0.15) is 5.92 Å². The summed E-state index contributed by atoms with van der Waals surface area (Å²) in [5.74, 6) is -0.922. The number of hydrogen-bond acceptors (Lipinski definition) is 6. The highest BCUT2D eigenvalue weighted by Crippen LogP contribution is 2.35. The number of nitro groups is 1. The van der Waals surface area contributed by atoms with E-state index in [1.54, 1.807) is 6.92 Å². The molecule has 124 valence electrons. The fourth-order valence-corrected chi connectivity index (χ4v) is 2.48. The van der Waals surface area contributed by atoms with Crippen LogP contribution in [0.5, 0.6) is 0 Å². The molecule has 3 amide bonds. The van der Waals surface area contributed by atoms with Crippen molar-refractivity contribution in [3.8, 4) is 6.07 Å². The lowest BCUT2D eigenvalue weighted by atomic mass is 9.88. The quantitative estimate of drug-likeness (QED) is 0.619. The number of carbonyl (C=O) groups excluding carboxylic acids is 2. The standard InChI is InChI=1S/C15H14N4O5/c1-3-24-15(21)18-13(12(8-16)9(2)17-14(18)20)10-5-4-6-11(7-10)19(22)23/h4-7,12-13H,3H2,1-2H3. The minimum atomic E-state index is -1.04. The Hall–Kier alpha value is -3.28. The summed E-state index contributed by atoms with van der Waals surface area (Å²) < 4.78 is 4.86. The molecule has 2 unspecified atom stereocenters. The number of benzene rings is 1. The van der Waals surface area contributed by atoms with Crippen LogP contribution in [-0.2, 0) is 4.74 Å². The molecule has 2 atom stereocenters. The lowest BCUT2D eigenvalue weighted by molar-refractivity contribution is -0.385. The number of hydrogen-bond donors (Lipinski definition) is 0. The lowest BCUT2D eigenvalue weighted by Crippen LogP contribution is -2.46. The molecule has 0 bridgehead atoms. The molecule has 0 saturated carbocycles. The van der Waals surface area contributed by atoms with Gasteiger partial charge in [0.2, 0.25) is 0 Å². The highest BCUT2D eigenvalue weighted by Gasteiger charge is 2.43. The Labute approximate surface area is 137 Å². The molecule has 1 aliphatic rings. The summed E-state index contributed by atoms with van der Waals surface area (Å²) in [7, 11) is 0. The van der Waals surface area contributed by atoms with Gasteiger partial charge in [0, 0.05) is 17.8 Å². The predicted octanol–water partition coefficient (Wildman–Crippen LogP) is 2.83. The van der Waals surface area contributed by atoms with Gasteiger partial charge in [-0.1, -0.05) is 12.1 Å². The fraction of sp³-hybridized carbons (Fsp3) is 0.333. The molecule has 1 aromatic rings. The van der Waals surface area contributed by atoms with Crippen molar-refractivity contribution < 1.29 is 19.2 Å². The van der Waals surface area contributed by atoms with Crippen LogP contribution in [0.3, 0.4) is 0 Å². The van der Waals surface area contributed by atoms with E-state index in [1.807, 2.05) is 6.07 Å². The average molecular weight is 330 g/mol. The second-order valence-corrected chi connectivity index (χ2v) is 5.01. The smallest absolute Gasteiger partial charge is 0.418 e. The van der Waals surface area contributed by atoms with Crippen LogP contribution in [0.2, 0.25) is 0 Å². The molecule has 0 saturated heterocycles. The van der Waals surface area contributed by atoms with Crippen LogP contribution >= 0.6 is 0 Å². The normalized spacial score (nSPS) is 20.1. The number of nitro benzene ring substituents is 1. The molecule has 24 heavy (non-hydrogen) atoms. The molecular formula is C15H14N4O5. The van der Waals surface area contributed by atoms with Crippen molar-refractivity contribution in [3.05, 3.63) is 39.9 Å². The molecule has 0 spiro atoms. The van der Waals surface area contributed by atoms with Gasteiger partial charge in [-0.3, -0.25) is 10.1 Å². The van der Waals surface area contributed by atoms with Crippen LogP contribution in [0.4, 0.5) is 15.3 Å². The minimum absolute atomic E-state index is 0.0319. The van der Waals surface area contributed by atoms with Gasteiger partial charge in [0.15, 0.2) is 0 Å². The first kappa shape index (κ1) is 17.1. The summed E-state index contributed by atoms with van der Waals surface area (Å²) in [4.78, 5) is 39.1. The third kappa shape index (κ3) is 3.08. The summed E-state index contributed by atoms with van der Waals surface area (Å²) in [6, 6.07) is 5.54. The highest BCUT2D eigenvalue weighted by atomic mass is 16.6. The number of carbonyl (C=O) groups is 2. The topological polar surface area (TPSA) is 126 Å². The largest absolute Gasteiger partial charge is 0.449 e. The molecule has 0 N–H and O–H groups in total. The molecule has 0 aliphatic carbocycles. The molecule has 1 aromatic carbocycles. The van der Waals surface area contributed by atoms with Crippen LogP contribution in [-0.4, -0.2) is 34.3 Å². The van der Waals surface area contributed by atoms with E-state index in [-0.39, 0.29) is 23.6 Å².